The van der Waals surface area contributed by atoms with Gasteiger partial charge in [0.25, 0.3) is 0 Å². The second-order valence-electron chi connectivity index (χ2n) is 4.76. The number of benzene rings is 1. The first-order chi connectivity index (χ1) is 11.1. The molecule has 23 heavy (non-hydrogen) atoms. The lowest BCUT2D eigenvalue weighted by Crippen LogP contribution is -2.27. The summed E-state index contributed by atoms with van der Waals surface area (Å²) in [6.45, 7) is 0. The zero-order valence-electron chi connectivity index (χ0n) is 11.7. The molecule has 0 spiro atoms. The van der Waals surface area contributed by atoms with Crippen LogP contribution in [0.25, 0.3) is 10.4 Å². The molecule has 0 radical (unpaired) electrons. The maximum Gasteiger partial charge on any atom is 0.339 e. The number of halogens is 1. The van der Waals surface area contributed by atoms with Gasteiger partial charge in [-0.15, -0.1) is 23.1 Å². The normalized spacial score (nSPS) is 16.5. The number of aliphatic imine (C=N–C) groups is 1. The number of thiophene rings is 1. The summed E-state index contributed by atoms with van der Waals surface area (Å²) in [5.74, 6) is -0.812. The van der Waals surface area contributed by atoms with Gasteiger partial charge in [-0.3, -0.25) is 9.79 Å². The predicted molar refractivity (Wildman–Crippen MR) is 95.1 cm³/mol. The van der Waals surface area contributed by atoms with E-state index < -0.39 is 12.0 Å². The Kier molecular flexibility index (Phi) is 4.70. The standard InChI is InChI=1S/C15H11ClN2O3S2/c16-9-3-1-8(2-4-9)13-12(15(20)21)10(6-23-13)18-14(19)11-5-22-7-17-11/h1-4,6-7,11H,5H2,(H,18,19)(H,20,21). The Morgan fingerprint density at radius 3 is 2.65 bits per heavy atom. The molecule has 0 saturated heterocycles. The third-order valence-electron chi connectivity index (χ3n) is 3.24. The predicted octanol–water partition coefficient (Wildman–Crippen LogP) is 3.85. The average Bonchev–Trinajstić information content (AvgIpc) is 3.17. The van der Waals surface area contributed by atoms with E-state index in [9.17, 15) is 14.7 Å². The van der Waals surface area contributed by atoms with Crippen LogP contribution in [0.1, 0.15) is 10.4 Å². The number of thioether (sulfide) groups is 1. The number of carboxylic acid groups (broad SMARTS) is 1. The summed E-state index contributed by atoms with van der Waals surface area (Å²) in [6.07, 6.45) is 0. The molecule has 2 aromatic rings. The molecule has 0 aliphatic carbocycles. The SMILES string of the molecule is O=C(O)c1c(NC(=O)C2CSC=N2)csc1-c1ccc(Cl)cc1. The van der Waals surface area contributed by atoms with Crippen LogP contribution in [0.5, 0.6) is 0 Å². The number of nitrogens with one attached hydrogen (secondary N) is 1. The quantitative estimate of drug-likeness (QED) is 0.861. The van der Waals surface area contributed by atoms with E-state index in [2.05, 4.69) is 10.3 Å². The van der Waals surface area contributed by atoms with Crippen LogP contribution in [0.3, 0.4) is 0 Å². The highest BCUT2D eigenvalue weighted by molar-refractivity contribution is 8.12. The molecule has 0 saturated carbocycles. The number of nitrogens with zero attached hydrogens (tertiary/aromatic N) is 1. The molecule has 2 N–H and O–H groups in total. The van der Waals surface area contributed by atoms with E-state index in [1.807, 2.05) is 0 Å². The molecule has 1 aromatic heterocycles. The van der Waals surface area contributed by atoms with Crippen LogP contribution in [0.4, 0.5) is 5.69 Å². The van der Waals surface area contributed by atoms with Gasteiger partial charge in [-0.2, -0.15) is 0 Å². The van der Waals surface area contributed by atoms with Crippen LogP contribution in [-0.4, -0.2) is 34.3 Å². The van der Waals surface area contributed by atoms with Gasteiger partial charge in [0.15, 0.2) is 0 Å². The second kappa shape index (κ2) is 6.74. The van der Waals surface area contributed by atoms with Crippen LogP contribution in [0, 0.1) is 0 Å². The summed E-state index contributed by atoms with van der Waals surface area (Å²) in [4.78, 5) is 28.4. The molecule has 0 bridgehead atoms. The molecular weight excluding hydrogens is 356 g/mol. The zero-order valence-corrected chi connectivity index (χ0v) is 14.0. The Balaban J connectivity index is 1.92. The lowest BCUT2D eigenvalue weighted by atomic mass is 10.1. The highest BCUT2D eigenvalue weighted by Crippen LogP contribution is 2.36. The lowest BCUT2D eigenvalue weighted by molar-refractivity contribution is -0.116. The first-order valence-corrected chi connectivity index (χ1v) is 8.91. The third kappa shape index (κ3) is 3.41. The topological polar surface area (TPSA) is 78.8 Å². The molecule has 1 aromatic carbocycles. The van der Waals surface area contributed by atoms with Crippen molar-refractivity contribution in [1.29, 1.82) is 0 Å². The second-order valence-corrected chi connectivity index (χ2v) is 6.95. The van der Waals surface area contributed by atoms with Crippen LogP contribution in [-0.2, 0) is 4.79 Å². The number of carbonyl (C=O) groups excluding carboxylic acids is 1. The third-order valence-corrected chi connectivity index (χ3v) is 5.30. The molecule has 1 aliphatic heterocycles. The molecule has 1 amide bonds. The van der Waals surface area contributed by atoms with Gasteiger partial charge in [0.2, 0.25) is 5.91 Å². The maximum absolute atomic E-state index is 12.1. The Morgan fingerprint density at radius 1 is 1.30 bits per heavy atom. The summed E-state index contributed by atoms with van der Waals surface area (Å²) in [6, 6.07) is 6.44. The lowest BCUT2D eigenvalue weighted by Gasteiger charge is -2.08. The smallest absolute Gasteiger partial charge is 0.339 e. The van der Waals surface area contributed by atoms with Gasteiger partial charge in [0.1, 0.15) is 11.6 Å². The van der Waals surface area contributed by atoms with Crippen molar-refractivity contribution in [3.05, 3.63) is 40.2 Å². The molecule has 3 rings (SSSR count). The molecule has 2 heterocycles. The van der Waals surface area contributed by atoms with Crippen LogP contribution in [0.2, 0.25) is 5.02 Å². The molecule has 5 nitrogen and oxygen atoms in total. The molecule has 1 unspecified atom stereocenters. The van der Waals surface area contributed by atoms with Crippen molar-refractivity contribution < 1.29 is 14.7 Å². The minimum absolute atomic E-state index is 0.0836. The van der Waals surface area contributed by atoms with Crippen LogP contribution in [0.15, 0.2) is 34.6 Å². The van der Waals surface area contributed by atoms with Gasteiger partial charge in [0, 0.05) is 16.2 Å². The van der Waals surface area contributed by atoms with E-state index in [0.29, 0.717) is 21.3 Å². The minimum Gasteiger partial charge on any atom is -0.478 e. The molecule has 1 aliphatic rings. The Bertz CT molecular complexity index is 787. The van der Waals surface area contributed by atoms with E-state index in [-0.39, 0.29) is 11.5 Å². The van der Waals surface area contributed by atoms with E-state index in [4.69, 9.17) is 11.6 Å². The van der Waals surface area contributed by atoms with E-state index in [1.54, 1.807) is 35.2 Å². The highest BCUT2D eigenvalue weighted by atomic mass is 35.5. The number of carbonyl (C=O) groups is 2. The Morgan fingerprint density at radius 2 is 2.04 bits per heavy atom. The monoisotopic (exact) mass is 366 g/mol. The number of hydrogen-bond acceptors (Lipinski definition) is 5. The average molecular weight is 367 g/mol. The van der Waals surface area contributed by atoms with Gasteiger partial charge in [-0.25, -0.2) is 4.79 Å². The van der Waals surface area contributed by atoms with Crippen molar-refractivity contribution >= 4 is 57.8 Å². The van der Waals surface area contributed by atoms with Gasteiger partial charge in [0.05, 0.1) is 16.1 Å². The molecule has 0 fully saturated rings. The Hall–Kier alpha value is -1.83. The number of carboxylic acids is 1. The number of anilines is 1. The van der Waals surface area contributed by atoms with Crippen molar-refractivity contribution in [2.24, 2.45) is 4.99 Å². The van der Waals surface area contributed by atoms with Crippen molar-refractivity contribution in [2.75, 3.05) is 11.1 Å². The fourth-order valence-corrected chi connectivity index (χ4v) is 3.99. The largest absolute Gasteiger partial charge is 0.478 e. The summed E-state index contributed by atoms with van der Waals surface area (Å²) < 4.78 is 0. The van der Waals surface area contributed by atoms with E-state index in [1.165, 1.54) is 23.1 Å². The van der Waals surface area contributed by atoms with Crippen LogP contribution < -0.4 is 5.32 Å². The van der Waals surface area contributed by atoms with E-state index in [0.717, 1.165) is 5.56 Å². The molecule has 1 atom stereocenters. The molecule has 118 valence electrons. The fraction of sp³-hybridized carbons (Fsp3) is 0.133. The maximum atomic E-state index is 12.1. The van der Waals surface area contributed by atoms with Crippen molar-refractivity contribution in [2.45, 2.75) is 6.04 Å². The van der Waals surface area contributed by atoms with Gasteiger partial charge in [-0.05, 0) is 17.7 Å². The van der Waals surface area contributed by atoms with Crippen molar-refractivity contribution in [3.63, 3.8) is 0 Å². The first kappa shape index (κ1) is 16.0. The number of rotatable bonds is 4. The molecular formula is C15H11ClN2O3S2. The van der Waals surface area contributed by atoms with Gasteiger partial charge < -0.3 is 10.4 Å². The number of amides is 1. The summed E-state index contributed by atoms with van der Waals surface area (Å²) in [7, 11) is 0. The van der Waals surface area contributed by atoms with Gasteiger partial charge >= 0.3 is 5.97 Å². The number of hydrogen-bond donors (Lipinski definition) is 2. The highest BCUT2D eigenvalue weighted by Gasteiger charge is 2.25. The van der Waals surface area contributed by atoms with Crippen molar-refractivity contribution in [1.82, 2.24) is 0 Å². The van der Waals surface area contributed by atoms with Gasteiger partial charge in [-0.1, -0.05) is 23.7 Å². The first-order valence-electron chi connectivity index (χ1n) is 6.61. The Labute approximate surface area is 145 Å². The van der Waals surface area contributed by atoms with E-state index >= 15 is 0 Å². The summed E-state index contributed by atoms with van der Waals surface area (Å²) in [5.41, 5.74) is 2.76. The summed E-state index contributed by atoms with van der Waals surface area (Å²) >= 11 is 8.58. The van der Waals surface area contributed by atoms with Crippen molar-refractivity contribution in [3.8, 4) is 10.4 Å². The summed E-state index contributed by atoms with van der Waals surface area (Å²) in [5, 5.41) is 14.4. The number of aromatic carboxylic acids is 1. The minimum atomic E-state index is -1.09. The fourth-order valence-electron chi connectivity index (χ4n) is 2.13. The van der Waals surface area contributed by atoms with Crippen LogP contribution >= 0.6 is 34.7 Å². The zero-order chi connectivity index (χ0) is 16.4. The molecule has 8 heteroatoms.